The van der Waals surface area contributed by atoms with Gasteiger partial charge in [-0.25, -0.2) is 4.68 Å². The molecular formula is C27H27ClN4O. The standard InChI is InChI=1S/C27H27ClN4O/c28-22-4-1-18(2-5-22)3-10-26(33)30-23-6-8-24(9-7-23)32-25(17-29-31-32)27-14-19-11-20(15-27)13-21(12-19)16-27/h1-10,17,19-21H,11-16H2,(H,30,33). The van der Waals surface area contributed by atoms with E-state index in [1.165, 1.54) is 50.3 Å². The minimum Gasteiger partial charge on any atom is -0.323 e. The van der Waals surface area contributed by atoms with Crippen molar-refractivity contribution < 1.29 is 4.79 Å². The smallest absolute Gasteiger partial charge is 0.248 e. The van der Waals surface area contributed by atoms with Gasteiger partial charge >= 0.3 is 0 Å². The number of hydrogen-bond donors (Lipinski definition) is 1. The van der Waals surface area contributed by atoms with Gasteiger partial charge in [-0.15, -0.1) is 5.10 Å². The monoisotopic (exact) mass is 458 g/mol. The molecule has 3 aromatic rings. The Labute approximate surface area is 198 Å². The molecule has 4 fully saturated rings. The van der Waals surface area contributed by atoms with E-state index >= 15 is 0 Å². The summed E-state index contributed by atoms with van der Waals surface area (Å²) in [5.74, 6) is 2.45. The van der Waals surface area contributed by atoms with E-state index in [4.69, 9.17) is 11.6 Å². The number of rotatable bonds is 5. The molecule has 1 N–H and O–H groups in total. The Morgan fingerprint density at radius 1 is 0.970 bits per heavy atom. The van der Waals surface area contributed by atoms with Crippen molar-refractivity contribution in [3.05, 3.63) is 77.1 Å². The zero-order chi connectivity index (χ0) is 22.4. The Hall–Kier alpha value is -2.92. The Balaban J connectivity index is 1.17. The van der Waals surface area contributed by atoms with E-state index in [2.05, 4.69) is 15.6 Å². The summed E-state index contributed by atoms with van der Waals surface area (Å²) < 4.78 is 2.03. The first-order chi connectivity index (χ1) is 16.1. The quantitative estimate of drug-likeness (QED) is 0.474. The summed E-state index contributed by atoms with van der Waals surface area (Å²) in [6.45, 7) is 0. The molecule has 0 spiro atoms. The number of nitrogens with one attached hydrogen (secondary N) is 1. The van der Waals surface area contributed by atoms with Crippen molar-refractivity contribution in [3.63, 3.8) is 0 Å². The summed E-state index contributed by atoms with van der Waals surface area (Å²) in [5.41, 5.74) is 4.17. The number of benzene rings is 2. The summed E-state index contributed by atoms with van der Waals surface area (Å²) in [5, 5.41) is 12.4. The predicted octanol–water partition coefficient (Wildman–Crippen LogP) is 6.04. The van der Waals surface area contributed by atoms with Crippen LogP contribution in [-0.2, 0) is 10.2 Å². The Morgan fingerprint density at radius 2 is 1.61 bits per heavy atom. The molecule has 6 heteroatoms. The summed E-state index contributed by atoms with van der Waals surface area (Å²) in [6, 6.07) is 15.2. The van der Waals surface area contributed by atoms with Crippen LogP contribution < -0.4 is 5.32 Å². The molecule has 1 heterocycles. The van der Waals surface area contributed by atoms with Crippen LogP contribution in [0.2, 0.25) is 5.02 Å². The normalized spacial score (nSPS) is 27.8. The summed E-state index contributed by atoms with van der Waals surface area (Å²) >= 11 is 5.91. The second-order valence-corrected chi connectivity index (χ2v) is 10.6. The van der Waals surface area contributed by atoms with Crippen molar-refractivity contribution in [2.24, 2.45) is 17.8 Å². The fourth-order valence-electron chi connectivity index (χ4n) is 6.83. The molecule has 0 unspecified atom stereocenters. The largest absolute Gasteiger partial charge is 0.323 e. The Bertz CT molecular complexity index is 1160. The van der Waals surface area contributed by atoms with E-state index in [1.807, 2.05) is 47.3 Å². The number of aromatic nitrogens is 3. The summed E-state index contributed by atoms with van der Waals surface area (Å²) in [6.07, 6.45) is 13.4. The van der Waals surface area contributed by atoms with E-state index in [9.17, 15) is 4.79 Å². The molecule has 2 aromatic carbocycles. The zero-order valence-electron chi connectivity index (χ0n) is 18.5. The van der Waals surface area contributed by atoms with Gasteiger partial charge in [-0.05, 0) is 104 Å². The second-order valence-electron chi connectivity index (χ2n) is 10.1. The van der Waals surface area contributed by atoms with Crippen molar-refractivity contribution >= 4 is 29.3 Å². The van der Waals surface area contributed by atoms with E-state index in [1.54, 1.807) is 18.2 Å². The maximum atomic E-state index is 12.3. The van der Waals surface area contributed by atoms with Gasteiger partial charge in [0.2, 0.25) is 5.91 Å². The molecule has 0 radical (unpaired) electrons. The zero-order valence-corrected chi connectivity index (χ0v) is 19.2. The molecule has 0 aliphatic heterocycles. The highest BCUT2D eigenvalue weighted by atomic mass is 35.5. The molecule has 4 aliphatic carbocycles. The third-order valence-corrected chi connectivity index (χ3v) is 8.06. The van der Waals surface area contributed by atoms with Crippen molar-refractivity contribution in [1.82, 2.24) is 15.0 Å². The number of anilines is 1. The van der Waals surface area contributed by atoms with Gasteiger partial charge in [-0.1, -0.05) is 28.9 Å². The molecule has 168 valence electrons. The SMILES string of the molecule is O=C(C=Cc1ccc(Cl)cc1)Nc1ccc(-n2nncc2C23CC4CC(CC(C4)C2)C3)cc1. The average molecular weight is 459 g/mol. The molecule has 1 amide bonds. The molecule has 4 aliphatic rings. The van der Waals surface area contributed by atoms with E-state index in [0.717, 1.165) is 34.7 Å². The van der Waals surface area contributed by atoms with Crippen LogP contribution in [0.5, 0.6) is 0 Å². The van der Waals surface area contributed by atoms with Crippen LogP contribution in [0.1, 0.15) is 49.8 Å². The van der Waals surface area contributed by atoms with Gasteiger partial charge in [-0.3, -0.25) is 4.79 Å². The van der Waals surface area contributed by atoms with Crippen LogP contribution in [0.4, 0.5) is 5.69 Å². The third kappa shape index (κ3) is 3.99. The fraction of sp³-hybridized carbons (Fsp3) is 0.370. The van der Waals surface area contributed by atoms with E-state index < -0.39 is 0 Å². The Morgan fingerprint density at radius 3 is 2.24 bits per heavy atom. The van der Waals surface area contributed by atoms with Gasteiger partial charge < -0.3 is 5.32 Å². The van der Waals surface area contributed by atoms with Crippen LogP contribution >= 0.6 is 11.6 Å². The highest BCUT2D eigenvalue weighted by molar-refractivity contribution is 6.30. The first-order valence-corrected chi connectivity index (χ1v) is 12.2. The predicted molar refractivity (Wildman–Crippen MR) is 130 cm³/mol. The van der Waals surface area contributed by atoms with Crippen molar-refractivity contribution in [3.8, 4) is 5.69 Å². The lowest BCUT2D eigenvalue weighted by Crippen LogP contribution is -2.49. The van der Waals surface area contributed by atoms with Crippen molar-refractivity contribution in [2.75, 3.05) is 5.32 Å². The van der Waals surface area contributed by atoms with Crippen LogP contribution in [-0.4, -0.2) is 20.9 Å². The Kier molecular flexibility index (Phi) is 5.10. The lowest BCUT2D eigenvalue weighted by atomic mass is 9.49. The lowest BCUT2D eigenvalue weighted by Gasteiger charge is -2.56. The summed E-state index contributed by atoms with van der Waals surface area (Å²) in [4.78, 5) is 12.3. The van der Waals surface area contributed by atoms with Gasteiger partial charge in [0.05, 0.1) is 17.6 Å². The number of hydrogen-bond acceptors (Lipinski definition) is 3. The van der Waals surface area contributed by atoms with Crippen LogP contribution in [0.15, 0.2) is 60.8 Å². The number of carbonyl (C=O) groups is 1. The maximum Gasteiger partial charge on any atom is 0.248 e. The van der Waals surface area contributed by atoms with Crippen molar-refractivity contribution in [2.45, 2.75) is 43.9 Å². The minimum atomic E-state index is -0.173. The maximum absolute atomic E-state index is 12.3. The van der Waals surface area contributed by atoms with Gasteiger partial charge in [0.1, 0.15) is 0 Å². The van der Waals surface area contributed by atoms with Crippen LogP contribution in [0, 0.1) is 17.8 Å². The van der Waals surface area contributed by atoms with Crippen LogP contribution in [0.25, 0.3) is 11.8 Å². The molecular weight excluding hydrogens is 432 g/mol. The first-order valence-electron chi connectivity index (χ1n) is 11.8. The number of carbonyl (C=O) groups excluding carboxylic acids is 1. The van der Waals surface area contributed by atoms with E-state index in [-0.39, 0.29) is 11.3 Å². The molecule has 1 aromatic heterocycles. The third-order valence-electron chi connectivity index (χ3n) is 7.81. The van der Waals surface area contributed by atoms with Gasteiger partial charge in [-0.2, -0.15) is 0 Å². The fourth-order valence-corrected chi connectivity index (χ4v) is 6.95. The lowest BCUT2D eigenvalue weighted by molar-refractivity contribution is -0.111. The molecule has 33 heavy (non-hydrogen) atoms. The summed E-state index contributed by atoms with van der Waals surface area (Å²) in [7, 11) is 0. The molecule has 7 rings (SSSR count). The highest BCUT2D eigenvalue weighted by Crippen LogP contribution is 2.60. The molecule has 5 nitrogen and oxygen atoms in total. The van der Waals surface area contributed by atoms with Crippen LogP contribution in [0.3, 0.4) is 0 Å². The number of nitrogens with zero attached hydrogens (tertiary/aromatic N) is 3. The average Bonchev–Trinajstić information content (AvgIpc) is 3.29. The van der Waals surface area contributed by atoms with Gasteiger partial charge in [0.25, 0.3) is 0 Å². The molecule has 0 saturated heterocycles. The molecule has 0 atom stereocenters. The van der Waals surface area contributed by atoms with E-state index in [0.29, 0.717) is 5.02 Å². The van der Waals surface area contributed by atoms with Crippen molar-refractivity contribution in [1.29, 1.82) is 0 Å². The topological polar surface area (TPSA) is 59.8 Å². The van der Waals surface area contributed by atoms with Gasteiger partial charge in [0, 0.05) is 22.2 Å². The molecule has 4 saturated carbocycles. The highest BCUT2D eigenvalue weighted by Gasteiger charge is 2.53. The number of halogens is 1. The van der Waals surface area contributed by atoms with Gasteiger partial charge in [0.15, 0.2) is 0 Å². The second kappa shape index (κ2) is 8.14. The minimum absolute atomic E-state index is 0.173. The first kappa shape index (κ1) is 20.7. The molecule has 4 bridgehead atoms. The number of amides is 1.